The van der Waals surface area contributed by atoms with Crippen molar-refractivity contribution in [2.24, 2.45) is 0 Å². The molecule has 2 N–H and O–H groups in total. The predicted molar refractivity (Wildman–Crippen MR) is 139 cm³/mol. The van der Waals surface area contributed by atoms with Crippen LogP contribution in [0.5, 0.6) is 5.75 Å². The summed E-state index contributed by atoms with van der Waals surface area (Å²) in [5, 5.41) is 20.8. The van der Waals surface area contributed by atoms with Gasteiger partial charge in [-0.2, -0.15) is 0 Å². The van der Waals surface area contributed by atoms with Gasteiger partial charge >= 0.3 is 5.97 Å². The number of benzene rings is 1. The SMILES string of the molecule is CCCCCCCCCCCCSc1c(CC(=O)O)cc(C(C)(C)C)c(O)c1C(C)(C)C. The maximum atomic E-state index is 11.6. The molecular formula is C28H48O3S. The highest BCUT2D eigenvalue weighted by molar-refractivity contribution is 7.99. The van der Waals surface area contributed by atoms with E-state index in [1.54, 1.807) is 11.8 Å². The first-order chi connectivity index (χ1) is 14.9. The Kier molecular flexibility index (Phi) is 12.2. The van der Waals surface area contributed by atoms with Crippen molar-refractivity contribution in [1.82, 2.24) is 0 Å². The summed E-state index contributed by atoms with van der Waals surface area (Å²) in [5.41, 5.74) is 2.05. The monoisotopic (exact) mass is 464 g/mol. The Balaban J connectivity index is 2.83. The van der Waals surface area contributed by atoms with Crippen LogP contribution in [-0.2, 0) is 22.0 Å². The summed E-state index contributed by atoms with van der Waals surface area (Å²) in [6, 6.07) is 1.93. The Morgan fingerprint density at radius 2 is 1.34 bits per heavy atom. The van der Waals surface area contributed by atoms with Gasteiger partial charge < -0.3 is 10.2 Å². The van der Waals surface area contributed by atoms with Gasteiger partial charge in [0, 0.05) is 10.5 Å². The zero-order valence-corrected chi connectivity index (χ0v) is 22.6. The lowest BCUT2D eigenvalue weighted by Crippen LogP contribution is -2.20. The second-order valence-electron chi connectivity index (χ2n) is 11.2. The van der Waals surface area contributed by atoms with Gasteiger partial charge in [-0.1, -0.05) is 106 Å². The first-order valence-electron chi connectivity index (χ1n) is 12.6. The summed E-state index contributed by atoms with van der Waals surface area (Å²) in [4.78, 5) is 12.6. The summed E-state index contributed by atoms with van der Waals surface area (Å²) < 4.78 is 0. The molecule has 0 saturated heterocycles. The van der Waals surface area contributed by atoms with E-state index in [1.807, 2.05) is 6.07 Å². The smallest absolute Gasteiger partial charge is 0.307 e. The number of rotatable bonds is 14. The third-order valence-corrected chi connectivity index (χ3v) is 7.22. The van der Waals surface area contributed by atoms with Gasteiger partial charge in [0.25, 0.3) is 0 Å². The molecule has 1 aromatic carbocycles. The van der Waals surface area contributed by atoms with Crippen molar-refractivity contribution >= 4 is 17.7 Å². The molecule has 1 aromatic rings. The number of hydrogen-bond donors (Lipinski definition) is 2. The quantitative estimate of drug-likeness (QED) is 0.214. The maximum absolute atomic E-state index is 11.6. The maximum Gasteiger partial charge on any atom is 0.307 e. The molecule has 4 heteroatoms. The number of thioether (sulfide) groups is 1. The van der Waals surface area contributed by atoms with E-state index in [-0.39, 0.29) is 17.3 Å². The standard InChI is InChI=1S/C28H48O3S/c1-8-9-10-11-12-13-14-15-16-17-18-32-26-21(20-23(29)30)19-22(27(2,3)4)25(31)24(26)28(5,6)7/h19,31H,8-18,20H2,1-7H3,(H,29,30). The molecular weight excluding hydrogens is 416 g/mol. The number of aromatic hydroxyl groups is 1. The highest BCUT2D eigenvalue weighted by Gasteiger charge is 2.31. The Hall–Kier alpha value is -1.16. The number of phenols is 1. The Morgan fingerprint density at radius 3 is 1.78 bits per heavy atom. The van der Waals surface area contributed by atoms with Gasteiger partial charge in [0.05, 0.1) is 6.42 Å². The molecule has 0 atom stereocenters. The lowest BCUT2D eigenvalue weighted by Gasteiger charge is -2.31. The molecule has 0 aliphatic rings. The summed E-state index contributed by atoms with van der Waals surface area (Å²) >= 11 is 1.73. The highest BCUT2D eigenvalue weighted by atomic mass is 32.2. The normalized spacial score (nSPS) is 12.3. The molecule has 32 heavy (non-hydrogen) atoms. The molecule has 1 rings (SSSR count). The van der Waals surface area contributed by atoms with Crippen LogP contribution in [-0.4, -0.2) is 21.9 Å². The average molecular weight is 465 g/mol. The molecule has 0 fully saturated rings. The van der Waals surface area contributed by atoms with E-state index in [0.717, 1.165) is 33.8 Å². The minimum atomic E-state index is -0.823. The number of carbonyl (C=O) groups is 1. The fourth-order valence-electron chi connectivity index (χ4n) is 4.20. The molecule has 0 radical (unpaired) electrons. The third-order valence-electron chi connectivity index (χ3n) is 5.97. The minimum absolute atomic E-state index is 0.00714. The molecule has 0 spiro atoms. The van der Waals surface area contributed by atoms with Gasteiger partial charge in [0.1, 0.15) is 5.75 Å². The van der Waals surface area contributed by atoms with E-state index in [2.05, 4.69) is 48.5 Å². The molecule has 184 valence electrons. The van der Waals surface area contributed by atoms with E-state index < -0.39 is 5.97 Å². The van der Waals surface area contributed by atoms with E-state index >= 15 is 0 Å². The van der Waals surface area contributed by atoms with E-state index in [4.69, 9.17) is 0 Å². The molecule has 3 nitrogen and oxygen atoms in total. The van der Waals surface area contributed by atoms with Gasteiger partial charge in [0.15, 0.2) is 0 Å². The molecule has 0 bridgehead atoms. The van der Waals surface area contributed by atoms with Crippen molar-refractivity contribution < 1.29 is 15.0 Å². The third kappa shape index (κ3) is 9.77. The zero-order chi connectivity index (χ0) is 24.4. The Bertz CT molecular complexity index is 711. The van der Waals surface area contributed by atoms with Crippen LogP contribution < -0.4 is 0 Å². The van der Waals surface area contributed by atoms with Crippen LogP contribution in [0.4, 0.5) is 0 Å². The van der Waals surface area contributed by atoms with Crippen LogP contribution in [0, 0.1) is 0 Å². The first kappa shape index (κ1) is 28.9. The van der Waals surface area contributed by atoms with Crippen LogP contribution in [0.15, 0.2) is 11.0 Å². The lowest BCUT2D eigenvalue weighted by molar-refractivity contribution is -0.136. The van der Waals surface area contributed by atoms with Crippen LogP contribution in [0.2, 0.25) is 0 Å². The number of hydrogen-bond acceptors (Lipinski definition) is 3. The van der Waals surface area contributed by atoms with Gasteiger partial charge in [-0.25, -0.2) is 0 Å². The summed E-state index contributed by atoms with van der Waals surface area (Å²) in [7, 11) is 0. The second kappa shape index (κ2) is 13.5. The van der Waals surface area contributed by atoms with Gasteiger partial charge in [-0.05, 0) is 40.2 Å². The number of carboxylic acids is 1. The first-order valence-corrected chi connectivity index (χ1v) is 13.6. The molecule has 0 aliphatic carbocycles. The van der Waals surface area contributed by atoms with E-state index in [0.29, 0.717) is 5.75 Å². The fraction of sp³-hybridized carbons (Fsp3) is 0.750. The Morgan fingerprint density at radius 1 is 0.844 bits per heavy atom. The van der Waals surface area contributed by atoms with Crippen molar-refractivity contribution in [3.05, 3.63) is 22.8 Å². The van der Waals surface area contributed by atoms with Crippen molar-refractivity contribution in [2.45, 2.75) is 135 Å². The number of phenolic OH excluding ortho intramolecular Hbond substituents is 1. The average Bonchev–Trinajstić information content (AvgIpc) is 2.65. The van der Waals surface area contributed by atoms with Crippen molar-refractivity contribution in [3.63, 3.8) is 0 Å². The topological polar surface area (TPSA) is 57.5 Å². The summed E-state index contributed by atoms with van der Waals surface area (Å²) in [6.45, 7) is 14.8. The van der Waals surface area contributed by atoms with Crippen molar-refractivity contribution in [2.75, 3.05) is 5.75 Å². The number of unbranched alkanes of at least 4 members (excludes halogenated alkanes) is 9. The molecule has 0 saturated carbocycles. The zero-order valence-electron chi connectivity index (χ0n) is 21.8. The minimum Gasteiger partial charge on any atom is -0.507 e. The van der Waals surface area contributed by atoms with Crippen molar-refractivity contribution in [3.8, 4) is 5.75 Å². The lowest BCUT2D eigenvalue weighted by atomic mass is 9.78. The van der Waals surface area contributed by atoms with Crippen LogP contribution in [0.25, 0.3) is 0 Å². The van der Waals surface area contributed by atoms with Crippen LogP contribution >= 0.6 is 11.8 Å². The predicted octanol–water partition coefficient (Wildman–Crippen LogP) is 8.63. The van der Waals surface area contributed by atoms with Crippen LogP contribution in [0.3, 0.4) is 0 Å². The van der Waals surface area contributed by atoms with E-state index in [9.17, 15) is 15.0 Å². The van der Waals surface area contributed by atoms with Gasteiger partial charge in [-0.3, -0.25) is 4.79 Å². The molecule has 0 aromatic heterocycles. The van der Waals surface area contributed by atoms with Crippen LogP contribution in [0.1, 0.15) is 129 Å². The van der Waals surface area contributed by atoms with Crippen molar-refractivity contribution in [1.29, 1.82) is 0 Å². The summed E-state index contributed by atoms with van der Waals surface area (Å²) in [5.74, 6) is 0.474. The molecule has 0 unspecified atom stereocenters. The van der Waals surface area contributed by atoms with E-state index in [1.165, 1.54) is 57.8 Å². The molecule has 0 heterocycles. The number of aliphatic carboxylic acids is 1. The largest absolute Gasteiger partial charge is 0.507 e. The fourth-order valence-corrected chi connectivity index (χ4v) is 5.62. The van der Waals surface area contributed by atoms with Gasteiger partial charge in [0.2, 0.25) is 0 Å². The second-order valence-corrected chi connectivity index (χ2v) is 12.3. The summed E-state index contributed by atoms with van der Waals surface area (Å²) in [6.07, 6.45) is 13.0. The molecule has 0 amide bonds. The van der Waals surface area contributed by atoms with Gasteiger partial charge in [-0.15, -0.1) is 11.8 Å². The Labute approximate surface area is 201 Å². The molecule has 0 aliphatic heterocycles. The number of carboxylic acid groups (broad SMARTS) is 1. The highest BCUT2D eigenvalue weighted by Crippen LogP contribution is 2.46.